The monoisotopic (exact) mass is 455 g/mol. The number of aromatic nitrogens is 2. The molecule has 2 aliphatic rings. The average Bonchev–Trinajstić information content (AvgIpc) is 3.45. The zero-order valence-electron chi connectivity index (χ0n) is 18.8. The standard InChI is InChI=1S/C21H26N4O3S.C2H3N/c1-14-18(8-9-22-13-26)25(12-15-4-5-15)24-20(14)23-17-6-7-19-16(10-17)11-21(2,3)29(19,27)28;1-2-3/h6-10,13,15H,4-5,11-12H2,1-3H3,(H,22,26)(H,23,24);1H3/b9-8-;. The lowest BCUT2D eigenvalue weighted by molar-refractivity contribution is -0.108. The Labute approximate surface area is 189 Å². The molecule has 0 atom stereocenters. The van der Waals surface area contributed by atoms with Crippen LogP contribution < -0.4 is 10.6 Å². The number of carbonyl (C=O) groups is 1. The van der Waals surface area contributed by atoms with E-state index in [0.717, 1.165) is 34.9 Å². The summed E-state index contributed by atoms with van der Waals surface area (Å²) in [5, 5.41) is 17.9. The van der Waals surface area contributed by atoms with Gasteiger partial charge in [-0.15, -0.1) is 0 Å². The molecule has 1 aliphatic carbocycles. The fourth-order valence-electron chi connectivity index (χ4n) is 3.79. The van der Waals surface area contributed by atoms with Gasteiger partial charge in [-0.25, -0.2) is 8.42 Å². The Morgan fingerprint density at radius 1 is 1.34 bits per heavy atom. The fourth-order valence-corrected chi connectivity index (χ4v) is 5.45. The maximum absolute atomic E-state index is 12.6. The Morgan fingerprint density at radius 2 is 2.03 bits per heavy atom. The maximum Gasteiger partial charge on any atom is 0.211 e. The minimum atomic E-state index is -3.30. The van der Waals surface area contributed by atoms with Gasteiger partial charge in [-0.2, -0.15) is 10.4 Å². The molecule has 1 aromatic carbocycles. The summed E-state index contributed by atoms with van der Waals surface area (Å²) >= 11 is 0. The first-order valence-electron chi connectivity index (χ1n) is 10.5. The van der Waals surface area contributed by atoms with Crippen molar-refractivity contribution in [2.75, 3.05) is 5.32 Å². The Balaban J connectivity index is 0.000000913. The van der Waals surface area contributed by atoms with Crippen LogP contribution in [0.15, 0.2) is 29.3 Å². The topological polar surface area (TPSA) is 117 Å². The van der Waals surface area contributed by atoms with Crippen molar-refractivity contribution in [1.82, 2.24) is 15.1 Å². The van der Waals surface area contributed by atoms with Gasteiger partial charge >= 0.3 is 0 Å². The van der Waals surface area contributed by atoms with Crippen molar-refractivity contribution in [3.8, 4) is 6.07 Å². The molecule has 32 heavy (non-hydrogen) atoms. The molecule has 2 heterocycles. The number of benzene rings is 1. The van der Waals surface area contributed by atoms with Crippen LogP contribution in [-0.4, -0.2) is 29.4 Å². The van der Waals surface area contributed by atoms with Crippen LogP contribution in [0, 0.1) is 24.2 Å². The summed E-state index contributed by atoms with van der Waals surface area (Å²) in [5.74, 6) is 1.39. The van der Waals surface area contributed by atoms with E-state index in [2.05, 4.69) is 10.6 Å². The largest absolute Gasteiger partial charge is 0.339 e. The van der Waals surface area contributed by atoms with Crippen LogP contribution in [0.5, 0.6) is 0 Å². The Morgan fingerprint density at radius 3 is 2.66 bits per heavy atom. The summed E-state index contributed by atoms with van der Waals surface area (Å²) in [4.78, 5) is 11.0. The molecule has 1 aromatic heterocycles. The molecule has 0 bridgehead atoms. The maximum atomic E-state index is 12.6. The number of fused-ring (bicyclic) bond motifs is 1. The second-order valence-corrected chi connectivity index (χ2v) is 11.3. The lowest BCUT2D eigenvalue weighted by Gasteiger charge is -2.15. The predicted molar refractivity (Wildman–Crippen MR) is 124 cm³/mol. The smallest absolute Gasteiger partial charge is 0.211 e. The van der Waals surface area contributed by atoms with E-state index in [1.807, 2.05) is 23.7 Å². The van der Waals surface area contributed by atoms with Crippen molar-refractivity contribution in [2.24, 2.45) is 5.92 Å². The second-order valence-electron chi connectivity index (χ2n) is 8.71. The fraction of sp³-hybridized carbons (Fsp3) is 0.435. The third-order valence-electron chi connectivity index (χ3n) is 5.73. The second kappa shape index (κ2) is 9.17. The van der Waals surface area contributed by atoms with E-state index in [0.29, 0.717) is 23.6 Å². The van der Waals surface area contributed by atoms with E-state index >= 15 is 0 Å². The zero-order valence-corrected chi connectivity index (χ0v) is 19.7. The van der Waals surface area contributed by atoms with E-state index < -0.39 is 14.6 Å². The van der Waals surface area contributed by atoms with E-state index in [1.54, 1.807) is 38.2 Å². The molecule has 8 nitrogen and oxygen atoms in total. The molecule has 9 heteroatoms. The van der Waals surface area contributed by atoms with Crippen LogP contribution in [0.1, 0.15) is 50.4 Å². The van der Waals surface area contributed by atoms with Crippen LogP contribution in [0.3, 0.4) is 0 Å². The summed E-state index contributed by atoms with van der Waals surface area (Å²) in [6, 6.07) is 7.14. The molecule has 1 fully saturated rings. The SMILES string of the molecule is CC#N.Cc1c(Nc2ccc3c(c2)CC(C)(C)S3(=O)=O)nn(CC2CC2)c1/C=C\NC=O. The molecule has 170 valence electrons. The molecule has 1 amide bonds. The molecule has 2 N–H and O–H groups in total. The minimum Gasteiger partial charge on any atom is -0.339 e. The minimum absolute atomic E-state index is 0.424. The number of sulfone groups is 1. The average molecular weight is 456 g/mol. The molecule has 0 saturated heterocycles. The highest BCUT2D eigenvalue weighted by Gasteiger charge is 2.43. The molecule has 4 rings (SSSR count). The van der Waals surface area contributed by atoms with Crippen LogP contribution in [0.4, 0.5) is 11.5 Å². The van der Waals surface area contributed by atoms with Gasteiger partial charge in [0.15, 0.2) is 15.7 Å². The summed E-state index contributed by atoms with van der Waals surface area (Å²) in [5.41, 5.74) is 3.57. The number of rotatable bonds is 7. The number of nitrogens with zero attached hydrogens (tertiary/aromatic N) is 3. The summed E-state index contributed by atoms with van der Waals surface area (Å²) in [6.45, 7) is 7.80. The van der Waals surface area contributed by atoms with Crippen LogP contribution in [0.2, 0.25) is 0 Å². The highest BCUT2D eigenvalue weighted by Crippen LogP contribution is 2.40. The van der Waals surface area contributed by atoms with Gasteiger partial charge in [-0.1, -0.05) is 0 Å². The number of nitrogens with one attached hydrogen (secondary N) is 2. The Kier molecular flexibility index (Phi) is 6.74. The molecule has 1 saturated carbocycles. The summed E-state index contributed by atoms with van der Waals surface area (Å²) < 4.78 is 26.5. The third-order valence-corrected chi connectivity index (χ3v) is 8.30. The molecule has 0 spiro atoms. The van der Waals surface area contributed by atoms with Gasteiger partial charge in [0, 0.05) is 30.9 Å². The number of hydrogen-bond donors (Lipinski definition) is 2. The Bertz CT molecular complexity index is 1180. The van der Waals surface area contributed by atoms with Crippen molar-refractivity contribution in [2.45, 2.75) is 63.1 Å². The van der Waals surface area contributed by atoms with Crippen LogP contribution in [-0.2, 0) is 27.6 Å². The van der Waals surface area contributed by atoms with Crippen molar-refractivity contribution >= 4 is 33.8 Å². The van der Waals surface area contributed by atoms with Crippen molar-refractivity contribution < 1.29 is 13.2 Å². The van der Waals surface area contributed by atoms with Crippen LogP contribution in [0.25, 0.3) is 6.08 Å². The number of nitriles is 1. The van der Waals surface area contributed by atoms with Gasteiger partial charge in [0.25, 0.3) is 0 Å². The van der Waals surface area contributed by atoms with Gasteiger partial charge < -0.3 is 10.6 Å². The Hall–Kier alpha value is -3.12. The number of anilines is 2. The van der Waals surface area contributed by atoms with Gasteiger partial charge in [0.1, 0.15) is 0 Å². The van der Waals surface area contributed by atoms with Crippen molar-refractivity contribution in [3.05, 3.63) is 41.2 Å². The first-order chi connectivity index (χ1) is 15.1. The van der Waals surface area contributed by atoms with Crippen molar-refractivity contribution in [1.29, 1.82) is 5.26 Å². The highest BCUT2D eigenvalue weighted by atomic mass is 32.2. The van der Waals surface area contributed by atoms with E-state index in [9.17, 15) is 13.2 Å². The molecule has 0 unspecified atom stereocenters. The number of amides is 1. The molecule has 0 radical (unpaired) electrons. The first-order valence-corrected chi connectivity index (χ1v) is 12.0. The third kappa shape index (κ3) is 4.70. The van der Waals surface area contributed by atoms with Gasteiger partial charge in [0.2, 0.25) is 6.41 Å². The molecule has 2 aromatic rings. The highest BCUT2D eigenvalue weighted by molar-refractivity contribution is 7.93. The van der Waals surface area contributed by atoms with Gasteiger partial charge in [0.05, 0.1) is 21.4 Å². The zero-order chi connectivity index (χ0) is 23.5. The lowest BCUT2D eigenvalue weighted by Crippen LogP contribution is -2.27. The first kappa shape index (κ1) is 23.5. The summed E-state index contributed by atoms with van der Waals surface area (Å²) in [7, 11) is -3.30. The van der Waals surface area contributed by atoms with E-state index in [-0.39, 0.29) is 0 Å². The summed E-state index contributed by atoms with van der Waals surface area (Å²) in [6.07, 6.45) is 7.01. The molecular formula is C23H29N5O3S. The normalized spacial score (nSPS) is 17.7. The van der Waals surface area contributed by atoms with Crippen molar-refractivity contribution in [3.63, 3.8) is 0 Å². The van der Waals surface area contributed by atoms with Gasteiger partial charge in [-0.3, -0.25) is 9.48 Å². The predicted octanol–water partition coefficient (Wildman–Crippen LogP) is 3.70. The molecular weight excluding hydrogens is 426 g/mol. The lowest BCUT2D eigenvalue weighted by atomic mass is 10.0. The number of hydrogen-bond acceptors (Lipinski definition) is 6. The van der Waals surface area contributed by atoms with Gasteiger partial charge in [-0.05, 0) is 75.8 Å². The van der Waals surface area contributed by atoms with E-state index in [1.165, 1.54) is 19.8 Å². The molecule has 1 aliphatic heterocycles. The van der Waals surface area contributed by atoms with Crippen LogP contribution >= 0.6 is 0 Å². The van der Waals surface area contributed by atoms with E-state index in [4.69, 9.17) is 10.4 Å². The number of carbonyl (C=O) groups excluding carboxylic acids is 1. The quantitative estimate of drug-likeness (QED) is 0.615.